The molecule has 0 aromatic rings. The van der Waals surface area contributed by atoms with E-state index in [1.54, 1.807) is 7.11 Å². The Morgan fingerprint density at radius 1 is 1.53 bits per heavy atom. The van der Waals surface area contributed by atoms with Crippen LogP contribution in [0.3, 0.4) is 0 Å². The predicted molar refractivity (Wildman–Crippen MR) is 67.1 cm³/mol. The van der Waals surface area contributed by atoms with Crippen molar-refractivity contribution in [2.75, 3.05) is 13.9 Å². The van der Waals surface area contributed by atoms with E-state index in [4.69, 9.17) is 13.6 Å². The lowest BCUT2D eigenvalue weighted by Gasteiger charge is -2.23. The maximum absolute atomic E-state index is 10.7. The van der Waals surface area contributed by atoms with E-state index in [0.29, 0.717) is 0 Å². The minimum atomic E-state index is -2.11. The molecule has 0 aliphatic carbocycles. The van der Waals surface area contributed by atoms with Crippen LogP contribution in [-0.4, -0.2) is 28.4 Å². The molecule has 0 heterocycles. The van der Waals surface area contributed by atoms with Gasteiger partial charge in [-0.1, -0.05) is 19.9 Å². The molecule has 0 aromatic heterocycles. The summed E-state index contributed by atoms with van der Waals surface area (Å²) in [7, 11) is -0.492. The van der Waals surface area contributed by atoms with Crippen molar-refractivity contribution in [2.24, 2.45) is 0 Å². The lowest BCUT2D eigenvalue weighted by atomic mass is 10.6. The molecule has 0 aromatic carbocycles. The third-order valence-corrected chi connectivity index (χ3v) is 4.87. The Bertz CT molecular complexity index is 201. The summed E-state index contributed by atoms with van der Waals surface area (Å²) >= 11 is 0. The van der Waals surface area contributed by atoms with Gasteiger partial charge in [-0.25, -0.2) is 4.79 Å². The van der Waals surface area contributed by atoms with Crippen LogP contribution in [0.4, 0.5) is 0 Å². The fourth-order valence-electron chi connectivity index (χ4n) is 0.958. The Morgan fingerprint density at radius 2 is 2.13 bits per heavy atom. The molecule has 0 aliphatic heterocycles. The first kappa shape index (κ1) is 17.2. The molecule has 0 N–H and O–H groups in total. The van der Waals surface area contributed by atoms with Crippen LogP contribution >= 0.6 is 9.90 Å². The van der Waals surface area contributed by atoms with Crippen LogP contribution in [0.15, 0.2) is 12.7 Å². The first-order valence-electron chi connectivity index (χ1n) is 4.56. The molecule has 0 spiro atoms. The van der Waals surface area contributed by atoms with Crippen molar-refractivity contribution < 1.29 is 18.4 Å². The van der Waals surface area contributed by atoms with Crippen LogP contribution in [0, 0.1) is 0 Å². The van der Waals surface area contributed by atoms with Gasteiger partial charge in [0, 0.05) is 13.2 Å². The predicted octanol–water partition coefficient (Wildman–Crippen LogP) is 1.88. The molecule has 2 atom stereocenters. The van der Waals surface area contributed by atoms with Gasteiger partial charge in [0.15, 0.2) is 6.79 Å². The lowest BCUT2D eigenvalue weighted by molar-refractivity contribution is -0.145. The normalized spacial score (nSPS) is 13.5. The van der Waals surface area contributed by atoms with E-state index in [1.165, 1.54) is 0 Å². The third kappa shape index (κ3) is 7.68. The summed E-state index contributed by atoms with van der Waals surface area (Å²) in [6, 6.07) is 0.884. The molecule has 0 fully saturated rings. The van der Waals surface area contributed by atoms with Gasteiger partial charge in [-0.05, 0) is 12.6 Å². The van der Waals surface area contributed by atoms with Crippen LogP contribution in [0.1, 0.15) is 13.3 Å². The lowest BCUT2D eigenvalue weighted by Crippen LogP contribution is -2.38. The SMILES string of the molecule is C=CC(=O)OCO[Si](C)(CCC)OC.P. The summed E-state index contributed by atoms with van der Waals surface area (Å²) in [5.74, 6) is -0.478. The molecule has 90 valence electrons. The molecule has 0 radical (unpaired) electrons. The first-order chi connectivity index (χ1) is 6.58. The zero-order chi connectivity index (χ0) is 11.0. The van der Waals surface area contributed by atoms with Gasteiger partial charge in [0.1, 0.15) is 0 Å². The Labute approximate surface area is 95.8 Å². The summed E-state index contributed by atoms with van der Waals surface area (Å²) in [5, 5.41) is 0. The maximum atomic E-state index is 10.7. The molecule has 0 saturated heterocycles. The zero-order valence-electron chi connectivity index (χ0n) is 9.75. The standard InChI is InChI=1S/C9H18O4Si.H3P/c1-5-7-14(4,11-3)13-8-12-9(10)6-2;/h6H,2,5,7-8H2,1,3-4H3;1H3. The van der Waals surface area contributed by atoms with Crippen LogP contribution < -0.4 is 0 Å². The van der Waals surface area contributed by atoms with Crippen LogP contribution in [0.2, 0.25) is 12.6 Å². The van der Waals surface area contributed by atoms with Gasteiger partial charge in [0.2, 0.25) is 0 Å². The second-order valence-corrected chi connectivity index (χ2v) is 6.48. The van der Waals surface area contributed by atoms with E-state index >= 15 is 0 Å². The van der Waals surface area contributed by atoms with Gasteiger partial charge in [-0.2, -0.15) is 9.90 Å². The molecule has 0 aliphatic rings. The van der Waals surface area contributed by atoms with Crippen molar-refractivity contribution in [1.82, 2.24) is 0 Å². The maximum Gasteiger partial charge on any atom is 0.337 e. The molecule has 4 nitrogen and oxygen atoms in total. The van der Waals surface area contributed by atoms with E-state index in [-0.39, 0.29) is 16.7 Å². The van der Waals surface area contributed by atoms with Crippen molar-refractivity contribution >= 4 is 24.4 Å². The van der Waals surface area contributed by atoms with E-state index in [0.717, 1.165) is 18.5 Å². The van der Waals surface area contributed by atoms with Gasteiger partial charge < -0.3 is 13.6 Å². The topological polar surface area (TPSA) is 44.8 Å². The first-order valence-corrected chi connectivity index (χ1v) is 7.08. The minimum Gasteiger partial charge on any atom is -0.436 e. The van der Waals surface area contributed by atoms with Crippen molar-refractivity contribution in [2.45, 2.75) is 25.9 Å². The molecule has 0 rings (SSSR count). The molecule has 6 heteroatoms. The van der Waals surface area contributed by atoms with Gasteiger partial charge in [-0.3, -0.25) is 0 Å². The smallest absolute Gasteiger partial charge is 0.337 e. The van der Waals surface area contributed by atoms with Crippen LogP contribution in [0.5, 0.6) is 0 Å². The van der Waals surface area contributed by atoms with Crippen molar-refractivity contribution in [1.29, 1.82) is 0 Å². The summed E-state index contributed by atoms with van der Waals surface area (Å²) in [5.41, 5.74) is 0. The van der Waals surface area contributed by atoms with Crippen LogP contribution in [-0.2, 0) is 18.4 Å². The summed E-state index contributed by atoms with van der Waals surface area (Å²) in [6.45, 7) is 7.23. The number of carbonyl (C=O) groups is 1. The zero-order valence-corrected chi connectivity index (χ0v) is 12.2. The molecule has 0 saturated carbocycles. The van der Waals surface area contributed by atoms with Crippen LogP contribution in [0.25, 0.3) is 0 Å². The number of ether oxygens (including phenoxy) is 1. The van der Waals surface area contributed by atoms with Crippen molar-refractivity contribution in [3.8, 4) is 0 Å². The Hall–Kier alpha value is -0.223. The average Bonchev–Trinajstić information content (AvgIpc) is 2.18. The summed E-state index contributed by atoms with van der Waals surface area (Å²) in [4.78, 5) is 10.7. The highest BCUT2D eigenvalue weighted by Crippen LogP contribution is 2.14. The monoisotopic (exact) mass is 252 g/mol. The van der Waals surface area contributed by atoms with Crippen molar-refractivity contribution in [3.63, 3.8) is 0 Å². The summed E-state index contributed by atoms with van der Waals surface area (Å²) < 4.78 is 15.4. The highest BCUT2D eigenvalue weighted by Gasteiger charge is 2.29. The van der Waals surface area contributed by atoms with Gasteiger partial charge in [0.05, 0.1) is 0 Å². The Kier molecular flexibility index (Phi) is 10.3. The van der Waals surface area contributed by atoms with Gasteiger partial charge in [-0.15, -0.1) is 0 Å². The minimum absolute atomic E-state index is 0. The number of esters is 1. The Balaban J connectivity index is 0. The molecule has 15 heavy (non-hydrogen) atoms. The fraction of sp³-hybridized carbons (Fsp3) is 0.667. The second kappa shape index (κ2) is 9.04. The van der Waals surface area contributed by atoms with Gasteiger partial charge in [0.25, 0.3) is 0 Å². The highest BCUT2D eigenvalue weighted by atomic mass is 31.0. The second-order valence-electron chi connectivity index (χ2n) is 3.02. The van der Waals surface area contributed by atoms with E-state index in [2.05, 4.69) is 13.5 Å². The average molecular weight is 252 g/mol. The summed E-state index contributed by atoms with van der Waals surface area (Å²) in [6.07, 6.45) is 2.10. The Morgan fingerprint density at radius 3 is 2.53 bits per heavy atom. The quantitative estimate of drug-likeness (QED) is 0.228. The fourth-order valence-corrected chi connectivity index (χ4v) is 2.64. The molecular weight excluding hydrogens is 231 g/mol. The molecule has 2 unspecified atom stereocenters. The number of hydrogen-bond acceptors (Lipinski definition) is 4. The number of rotatable bonds is 7. The van der Waals surface area contributed by atoms with Gasteiger partial charge >= 0.3 is 14.5 Å². The third-order valence-electron chi connectivity index (χ3n) is 1.87. The van der Waals surface area contributed by atoms with E-state index < -0.39 is 14.5 Å². The van der Waals surface area contributed by atoms with Crippen molar-refractivity contribution in [3.05, 3.63) is 12.7 Å². The molecule has 0 bridgehead atoms. The highest BCUT2D eigenvalue weighted by molar-refractivity contribution is 6.92. The largest absolute Gasteiger partial charge is 0.436 e. The number of hydrogen-bond donors (Lipinski definition) is 0. The van der Waals surface area contributed by atoms with E-state index in [9.17, 15) is 4.79 Å². The molecule has 0 amide bonds. The number of carbonyl (C=O) groups excluding carboxylic acids is 1. The molecular formula is C9H21O4PSi. The van der Waals surface area contributed by atoms with E-state index in [1.807, 2.05) is 6.55 Å².